The fourth-order valence-electron chi connectivity index (χ4n) is 1.16. The maximum atomic E-state index is 11.1. The first-order valence-corrected chi connectivity index (χ1v) is 4.49. The summed E-state index contributed by atoms with van der Waals surface area (Å²) in [6, 6.07) is 2.38. The lowest BCUT2D eigenvalue weighted by Gasteiger charge is -2.02. The van der Waals surface area contributed by atoms with Gasteiger partial charge in [-0.25, -0.2) is 9.80 Å². The standard InChI is InChI=1S/C8H6N6O3/c9-13-12-7-2-1-5(17-7)3-10-14-4-6(15)11-8(14)16/h1-3H,4H2,(H,11,15,16)/b10-3-. The van der Waals surface area contributed by atoms with E-state index in [4.69, 9.17) is 9.95 Å². The highest BCUT2D eigenvalue weighted by atomic mass is 16.4. The number of urea groups is 1. The lowest BCUT2D eigenvalue weighted by atomic mass is 10.5. The Morgan fingerprint density at radius 1 is 1.53 bits per heavy atom. The predicted octanol–water partition coefficient (Wildman–Crippen LogP) is 1.11. The van der Waals surface area contributed by atoms with Crippen molar-refractivity contribution in [2.24, 2.45) is 10.2 Å². The van der Waals surface area contributed by atoms with E-state index in [1.54, 1.807) is 0 Å². The summed E-state index contributed by atoms with van der Waals surface area (Å²) in [6.07, 6.45) is 1.24. The molecule has 1 N–H and O–H groups in total. The van der Waals surface area contributed by atoms with Crippen LogP contribution >= 0.6 is 0 Å². The molecule has 0 aliphatic carbocycles. The van der Waals surface area contributed by atoms with Crippen molar-refractivity contribution in [3.05, 3.63) is 28.3 Å². The molecule has 1 saturated heterocycles. The smallest absolute Gasteiger partial charge is 0.344 e. The summed E-state index contributed by atoms with van der Waals surface area (Å²) in [7, 11) is 0. The Balaban J connectivity index is 2.07. The van der Waals surface area contributed by atoms with Crippen molar-refractivity contribution in [3.8, 4) is 0 Å². The second-order valence-electron chi connectivity index (χ2n) is 3.02. The van der Waals surface area contributed by atoms with Gasteiger partial charge in [0.1, 0.15) is 12.3 Å². The second-order valence-corrected chi connectivity index (χ2v) is 3.02. The van der Waals surface area contributed by atoms with E-state index in [0.717, 1.165) is 5.01 Å². The van der Waals surface area contributed by atoms with Crippen LogP contribution in [0.25, 0.3) is 10.4 Å². The number of furan rings is 1. The molecule has 0 unspecified atom stereocenters. The minimum atomic E-state index is -0.590. The van der Waals surface area contributed by atoms with Crippen LogP contribution in [0.5, 0.6) is 0 Å². The van der Waals surface area contributed by atoms with Crippen molar-refractivity contribution in [2.75, 3.05) is 6.54 Å². The average molecular weight is 234 g/mol. The number of hydrogen-bond donors (Lipinski definition) is 1. The van der Waals surface area contributed by atoms with Crippen molar-refractivity contribution in [2.45, 2.75) is 0 Å². The molecule has 0 bridgehead atoms. The quantitative estimate of drug-likeness (QED) is 0.277. The number of imide groups is 1. The first-order valence-electron chi connectivity index (χ1n) is 4.49. The number of nitrogens with one attached hydrogen (secondary N) is 1. The Morgan fingerprint density at radius 3 is 3.00 bits per heavy atom. The third-order valence-corrected chi connectivity index (χ3v) is 1.85. The molecule has 0 spiro atoms. The van der Waals surface area contributed by atoms with E-state index in [0.29, 0.717) is 5.76 Å². The van der Waals surface area contributed by atoms with E-state index in [9.17, 15) is 9.59 Å². The zero-order chi connectivity index (χ0) is 12.3. The molecule has 1 aliphatic heterocycles. The maximum absolute atomic E-state index is 11.1. The molecular weight excluding hydrogens is 228 g/mol. The zero-order valence-electron chi connectivity index (χ0n) is 8.40. The van der Waals surface area contributed by atoms with Gasteiger partial charge in [0.15, 0.2) is 5.88 Å². The van der Waals surface area contributed by atoms with Gasteiger partial charge in [-0.2, -0.15) is 5.10 Å². The normalized spacial score (nSPS) is 15.2. The van der Waals surface area contributed by atoms with Gasteiger partial charge in [-0.15, -0.1) is 0 Å². The summed E-state index contributed by atoms with van der Waals surface area (Å²) in [4.78, 5) is 24.5. The van der Waals surface area contributed by atoms with Gasteiger partial charge < -0.3 is 4.42 Å². The molecule has 0 aromatic carbocycles. The Hall–Kier alpha value is -2.80. The third-order valence-electron chi connectivity index (χ3n) is 1.85. The fraction of sp³-hybridized carbons (Fsp3) is 0.125. The fourth-order valence-corrected chi connectivity index (χ4v) is 1.16. The van der Waals surface area contributed by atoms with E-state index >= 15 is 0 Å². The van der Waals surface area contributed by atoms with E-state index in [1.807, 2.05) is 0 Å². The molecule has 1 aliphatic rings. The largest absolute Gasteiger partial charge is 0.453 e. The molecule has 2 heterocycles. The van der Waals surface area contributed by atoms with Crippen LogP contribution < -0.4 is 5.32 Å². The Morgan fingerprint density at radius 2 is 2.35 bits per heavy atom. The number of hydrogen-bond acceptors (Lipinski definition) is 5. The molecule has 0 radical (unpaired) electrons. The lowest BCUT2D eigenvalue weighted by Crippen LogP contribution is -2.24. The van der Waals surface area contributed by atoms with Gasteiger partial charge in [-0.1, -0.05) is 0 Å². The number of carbonyl (C=O) groups is 2. The van der Waals surface area contributed by atoms with Crippen LogP contribution in [0.2, 0.25) is 0 Å². The molecule has 86 valence electrons. The Labute approximate surface area is 94.3 Å². The lowest BCUT2D eigenvalue weighted by molar-refractivity contribution is -0.118. The van der Waals surface area contributed by atoms with Crippen molar-refractivity contribution in [1.82, 2.24) is 10.3 Å². The molecule has 2 rings (SSSR count). The van der Waals surface area contributed by atoms with Crippen LogP contribution in [-0.4, -0.2) is 29.7 Å². The van der Waals surface area contributed by atoms with Gasteiger partial charge in [0.05, 0.1) is 6.21 Å². The summed E-state index contributed by atoms with van der Waals surface area (Å²) in [5.74, 6) is -0.0168. The molecule has 3 amide bonds. The average Bonchev–Trinajstić information content (AvgIpc) is 2.83. The topological polar surface area (TPSA) is 124 Å². The third kappa shape index (κ3) is 2.41. The Kier molecular flexibility index (Phi) is 2.75. The summed E-state index contributed by atoms with van der Waals surface area (Å²) in [5.41, 5.74) is 8.16. The minimum Gasteiger partial charge on any atom is -0.453 e. The maximum Gasteiger partial charge on any atom is 0.344 e. The number of rotatable bonds is 3. The van der Waals surface area contributed by atoms with Gasteiger partial charge in [0, 0.05) is 4.91 Å². The molecule has 1 aromatic heterocycles. The summed E-state index contributed by atoms with van der Waals surface area (Å²) in [5, 5.41) is 10.0. The van der Waals surface area contributed by atoms with Crippen LogP contribution in [0.15, 0.2) is 26.8 Å². The first-order chi connectivity index (χ1) is 8.19. The van der Waals surface area contributed by atoms with Crippen molar-refractivity contribution >= 4 is 24.0 Å². The van der Waals surface area contributed by atoms with Crippen molar-refractivity contribution in [3.63, 3.8) is 0 Å². The van der Waals surface area contributed by atoms with Gasteiger partial charge in [0.2, 0.25) is 5.91 Å². The molecule has 9 nitrogen and oxygen atoms in total. The number of amides is 3. The summed E-state index contributed by atoms with van der Waals surface area (Å²) in [6.45, 7) is -0.126. The minimum absolute atomic E-state index is 0.0934. The monoisotopic (exact) mass is 234 g/mol. The number of nitrogens with zero attached hydrogens (tertiary/aromatic N) is 5. The van der Waals surface area contributed by atoms with Gasteiger partial charge >= 0.3 is 6.03 Å². The van der Waals surface area contributed by atoms with Crippen LogP contribution in [0.3, 0.4) is 0 Å². The Bertz CT molecular complexity index is 541. The number of carbonyl (C=O) groups excluding carboxylic acids is 2. The molecule has 1 fully saturated rings. The van der Waals surface area contributed by atoms with Crippen LogP contribution in [0.4, 0.5) is 10.7 Å². The van der Waals surface area contributed by atoms with Crippen LogP contribution in [0, 0.1) is 0 Å². The van der Waals surface area contributed by atoms with Gasteiger partial charge in [-0.05, 0) is 22.8 Å². The number of azide groups is 1. The number of hydrazone groups is 1. The first kappa shape index (κ1) is 10.7. The van der Waals surface area contributed by atoms with Crippen LogP contribution in [-0.2, 0) is 4.79 Å². The molecule has 9 heteroatoms. The predicted molar refractivity (Wildman–Crippen MR) is 55.4 cm³/mol. The van der Waals surface area contributed by atoms with E-state index < -0.39 is 11.9 Å². The van der Waals surface area contributed by atoms with Gasteiger partial charge in [0.25, 0.3) is 0 Å². The SMILES string of the molecule is [N-]=[N+]=Nc1ccc(/C=N\N2CC(=O)NC2=O)o1. The molecule has 0 atom stereocenters. The molecule has 0 saturated carbocycles. The van der Waals surface area contributed by atoms with E-state index in [2.05, 4.69) is 20.4 Å². The zero-order valence-corrected chi connectivity index (χ0v) is 8.40. The second kappa shape index (κ2) is 4.37. The highest BCUT2D eigenvalue weighted by molar-refractivity contribution is 6.02. The van der Waals surface area contributed by atoms with Crippen LogP contribution in [0.1, 0.15) is 5.76 Å². The van der Waals surface area contributed by atoms with E-state index in [-0.39, 0.29) is 12.4 Å². The molecular formula is C8H6N6O3. The summed E-state index contributed by atoms with van der Waals surface area (Å²) < 4.78 is 5.03. The van der Waals surface area contributed by atoms with Crippen molar-refractivity contribution < 1.29 is 14.0 Å². The van der Waals surface area contributed by atoms with E-state index in [1.165, 1.54) is 18.3 Å². The van der Waals surface area contributed by atoms with Gasteiger partial charge in [-0.3, -0.25) is 10.1 Å². The molecule has 17 heavy (non-hydrogen) atoms. The highest BCUT2D eigenvalue weighted by Crippen LogP contribution is 2.15. The molecule has 1 aromatic rings. The highest BCUT2D eigenvalue weighted by Gasteiger charge is 2.25. The summed E-state index contributed by atoms with van der Waals surface area (Å²) >= 11 is 0. The van der Waals surface area contributed by atoms with Crippen molar-refractivity contribution in [1.29, 1.82) is 0 Å².